The third-order valence-electron chi connectivity index (χ3n) is 4.61. The lowest BCUT2D eigenvalue weighted by molar-refractivity contribution is 0.0697. The van der Waals surface area contributed by atoms with E-state index in [1.165, 1.54) is 10.6 Å². The van der Waals surface area contributed by atoms with Crippen molar-refractivity contribution in [3.63, 3.8) is 0 Å². The molecule has 0 saturated heterocycles. The summed E-state index contributed by atoms with van der Waals surface area (Å²) in [7, 11) is 0. The lowest BCUT2D eigenvalue weighted by Crippen LogP contribution is -2.09. The number of benzene rings is 1. The number of ketones is 1. The van der Waals surface area contributed by atoms with Crippen LogP contribution in [-0.2, 0) is 6.42 Å². The fourth-order valence-electron chi connectivity index (χ4n) is 3.19. The minimum absolute atomic E-state index is 0.0334. The number of thiophene rings is 1. The molecular weight excluding hydrogens is 415 g/mol. The van der Waals surface area contributed by atoms with Gasteiger partial charge in [0.1, 0.15) is 5.65 Å². The van der Waals surface area contributed by atoms with E-state index < -0.39 is 17.7 Å². The molecule has 0 aliphatic carbocycles. The smallest absolute Gasteiger partial charge is 0.337 e. The molecule has 5 nitrogen and oxygen atoms in total. The molecule has 0 aliphatic heterocycles. The van der Waals surface area contributed by atoms with E-state index >= 15 is 0 Å². The Balaban J connectivity index is 1.72. The van der Waals surface area contributed by atoms with Crippen LogP contribution in [0.4, 0.5) is 4.39 Å². The van der Waals surface area contributed by atoms with Crippen LogP contribution in [-0.4, -0.2) is 26.2 Å². The Morgan fingerprint density at radius 2 is 1.97 bits per heavy atom. The zero-order chi connectivity index (χ0) is 20.7. The number of halogens is 2. The van der Waals surface area contributed by atoms with Gasteiger partial charge in [-0.2, -0.15) is 4.39 Å². The zero-order valence-electron chi connectivity index (χ0n) is 15.1. The van der Waals surface area contributed by atoms with Crippen molar-refractivity contribution < 1.29 is 19.1 Å². The maximum atomic E-state index is 14.7. The molecule has 8 heteroatoms. The van der Waals surface area contributed by atoms with Gasteiger partial charge in [0.15, 0.2) is 11.5 Å². The van der Waals surface area contributed by atoms with E-state index in [0.717, 1.165) is 16.9 Å². The van der Waals surface area contributed by atoms with Crippen LogP contribution in [0.15, 0.2) is 48.0 Å². The fourth-order valence-corrected chi connectivity index (χ4v) is 4.36. The van der Waals surface area contributed by atoms with Crippen molar-refractivity contribution >= 4 is 40.3 Å². The molecule has 4 aromatic rings. The number of carbonyl (C=O) groups is 2. The summed E-state index contributed by atoms with van der Waals surface area (Å²) in [4.78, 5) is 29.1. The highest BCUT2D eigenvalue weighted by Crippen LogP contribution is 2.33. The van der Waals surface area contributed by atoms with Gasteiger partial charge in [-0.3, -0.25) is 9.20 Å². The van der Waals surface area contributed by atoms with Crippen molar-refractivity contribution in [3.8, 4) is 11.1 Å². The monoisotopic (exact) mass is 428 g/mol. The highest BCUT2D eigenvalue weighted by atomic mass is 35.5. The quantitative estimate of drug-likeness (QED) is 0.438. The van der Waals surface area contributed by atoms with Gasteiger partial charge in [-0.1, -0.05) is 29.8 Å². The highest BCUT2D eigenvalue weighted by molar-refractivity contribution is 7.11. The number of carbonyl (C=O) groups excluding carboxylic acids is 1. The summed E-state index contributed by atoms with van der Waals surface area (Å²) in [5.74, 6) is -2.47. The van der Waals surface area contributed by atoms with Crippen molar-refractivity contribution in [2.75, 3.05) is 0 Å². The number of aromatic carboxylic acids is 1. The first-order valence-corrected chi connectivity index (χ1v) is 9.88. The Hall–Kier alpha value is -3.03. The second-order valence-corrected chi connectivity index (χ2v) is 7.90. The van der Waals surface area contributed by atoms with E-state index in [1.807, 2.05) is 0 Å². The summed E-state index contributed by atoms with van der Waals surface area (Å²) >= 11 is 7.05. The molecule has 0 bridgehead atoms. The molecule has 3 heterocycles. The molecule has 1 N–H and O–H groups in total. The van der Waals surface area contributed by atoms with Crippen LogP contribution in [0.25, 0.3) is 16.8 Å². The molecule has 1 aromatic carbocycles. The molecule has 146 valence electrons. The number of aryl methyl sites for hydroxylation is 1. The molecule has 0 aliphatic rings. The second-order valence-electron chi connectivity index (χ2n) is 6.50. The van der Waals surface area contributed by atoms with Gasteiger partial charge in [0.2, 0.25) is 5.95 Å². The number of nitrogens with zero attached hydrogens (tertiary/aromatic N) is 2. The largest absolute Gasteiger partial charge is 0.478 e. The molecule has 0 unspecified atom stereocenters. The minimum Gasteiger partial charge on any atom is -0.478 e. The number of carboxylic acids is 1. The highest BCUT2D eigenvalue weighted by Gasteiger charge is 2.25. The van der Waals surface area contributed by atoms with Crippen molar-refractivity contribution in [2.45, 2.75) is 13.3 Å². The molecule has 0 radical (unpaired) electrons. The molecule has 0 fully saturated rings. The first-order valence-electron chi connectivity index (χ1n) is 8.62. The summed E-state index contributed by atoms with van der Waals surface area (Å²) in [6, 6.07) is 10.2. The molecular formula is C21H14ClFN2O3S. The van der Waals surface area contributed by atoms with Gasteiger partial charge in [0, 0.05) is 28.1 Å². The number of Topliss-reactive ketones (excluding diaryl/α,β-unsaturated/α-hetero) is 1. The zero-order valence-corrected chi connectivity index (χ0v) is 16.7. The number of carboxylic acid groups (broad SMARTS) is 1. The predicted molar refractivity (Wildman–Crippen MR) is 110 cm³/mol. The molecule has 3 aromatic heterocycles. The van der Waals surface area contributed by atoms with Gasteiger partial charge in [0.05, 0.1) is 5.56 Å². The third kappa shape index (κ3) is 3.43. The summed E-state index contributed by atoms with van der Waals surface area (Å²) in [6.45, 7) is 1.77. The van der Waals surface area contributed by atoms with Gasteiger partial charge >= 0.3 is 5.97 Å². The van der Waals surface area contributed by atoms with Gasteiger partial charge in [-0.05, 0) is 41.6 Å². The van der Waals surface area contributed by atoms with E-state index in [0.29, 0.717) is 26.7 Å². The number of pyridine rings is 1. The summed E-state index contributed by atoms with van der Waals surface area (Å²) in [6.07, 6.45) is 1.24. The number of imidazole rings is 1. The third-order valence-corrected chi connectivity index (χ3v) is 5.85. The van der Waals surface area contributed by atoms with Crippen molar-refractivity contribution in [1.29, 1.82) is 0 Å². The number of hydrogen-bond acceptors (Lipinski definition) is 4. The number of fused-ring (bicyclic) bond motifs is 1. The van der Waals surface area contributed by atoms with Crippen LogP contribution < -0.4 is 0 Å². The second kappa shape index (κ2) is 7.42. The molecule has 0 atom stereocenters. The normalized spacial score (nSPS) is 11.1. The van der Waals surface area contributed by atoms with Gasteiger partial charge in [0.25, 0.3) is 0 Å². The van der Waals surface area contributed by atoms with Crippen LogP contribution >= 0.6 is 22.9 Å². The minimum atomic E-state index is -1.15. The SMILES string of the molecule is Cc1cccn2c(F)c(C(=O)Cc3scc(-c4ccc(Cl)cc4)c3C(=O)O)nc12. The predicted octanol–water partition coefficient (Wildman–Crippen LogP) is 5.29. The molecule has 0 spiro atoms. The van der Waals surface area contributed by atoms with E-state index in [2.05, 4.69) is 4.98 Å². The number of rotatable bonds is 5. The molecule has 29 heavy (non-hydrogen) atoms. The van der Waals surface area contributed by atoms with Crippen LogP contribution in [0.5, 0.6) is 0 Å². The van der Waals surface area contributed by atoms with Crippen LogP contribution in [0.1, 0.15) is 31.3 Å². The van der Waals surface area contributed by atoms with E-state index in [4.69, 9.17) is 11.6 Å². The standard InChI is InChI=1S/C21H14ClFN2O3S/c1-11-3-2-8-25-19(23)18(24-20(11)25)15(26)9-16-17(21(27)28)14(10-29-16)12-4-6-13(22)7-5-12/h2-8,10H,9H2,1H3,(H,27,28). The number of hydrogen-bond donors (Lipinski definition) is 1. The first-order chi connectivity index (χ1) is 13.9. The summed E-state index contributed by atoms with van der Waals surface area (Å²) in [5, 5.41) is 11.9. The Morgan fingerprint density at radius 1 is 1.24 bits per heavy atom. The fraction of sp³-hybridized carbons (Fsp3) is 0.0952. The molecule has 0 amide bonds. The number of aromatic nitrogens is 2. The van der Waals surface area contributed by atoms with E-state index in [-0.39, 0.29) is 17.7 Å². The van der Waals surface area contributed by atoms with E-state index in [9.17, 15) is 19.1 Å². The lowest BCUT2D eigenvalue weighted by Gasteiger charge is -2.04. The Labute approximate surface area is 174 Å². The van der Waals surface area contributed by atoms with Crippen LogP contribution in [0.3, 0.4) is 0 Å². The van der Waals surface area contributed by atoms with Crippen LogP contribution in [0.2, 0.25) is 5.02 Å². The molecule has 4 rings (SSSR count). The van der Waals surface area contributed by atoms with Crippen molar-refractivity contribution in [1.82, 2.24) is 9.38 Å². The Kier molecular flexibility index (Phi) is 4.94. The topological polar surface area (TPSA) is 71.7 Å². The van der Waals surface area contributed by atoms with Crippen LogP contribution in [0, 0.1) is 12.9 Å². The van der Waals surface area contributed by atoms with Gasteiger partial charge in [-0.25, -0.2) is 9.78 Å². The van der Waals surface area contributed by atoms with Gasteiger partial charge in [-0.15, -0.1) is 11.3 Å². The van der Waals surface area contributed by atoms with Crippen molar-refractivity contribution in [2.24, 2.45) is 0 Å². The van der Waals surface area contributed by atoms with Gasteiger partial charge < -0.3 is 5.11 Å². The average Bonchev–Trinajstić information content (AvgIpc) is 3.25. The molecule has 0 saturated carbocycles. The Bertz CT molecular complexity index is 1260. The Morgan fingerprint density at radius 3 is 2.62 bits per heavy atom. The maximum absolute atomic E-state index is 14.7. The maximum Gasteiger partial charge on any atom is 0.337 e. The van der Waals surface area contributed by atoms with Crippen molar-refractivity contribution in [3.05, 3.63) is 80.6 Å². The van der Waals surface area contributed by atoms with E-state index in [1.54, 1.807) is 48.7 Å². The first kappa shape index (κ1) is 19.3. The summed E-state index contributed by atoms with van der Waals surface area (Å²) in [5.41, 5.74) is 2.00. The summed E-state index contributed by atoms with van der Waals surface area (Å²) < 4.78 is 15.9. The average molecular weight is 429 g/mol. The lowest BCUT2D eigenvalue weighted by atomic mass is 10.0.